The van der Waals surface area contributed by atoms with Gasteiger partial charge in [0.05, 0.1) is 4.47 Å². The van der Waals surface area contributed by atoms with Crippen LogP contribution in [0.15, 0.2) is 22.7 Å². The minimum atomic E-state index is -0.468. The van der Waals surface area contributed by atoms with Crippen LogP contribution in [0.3, 0.4) is 0 Å². The van der Waals surface area contributed by atoms with Crippen molar-refractivity contribution < 1.29 is 18.7 Å². The highest BCUT2D eigenvalue weighted by Gasteiger charge is 2.25. The van der Waals surface area contributed by atoms with E-state index in [1.807, 2.05) is 20.8 Å². The highest BCUT2D eigenvalue weighted by atomic mass is 79.9. The van der Waals surface area contributed by atoms with E-state index in [0.717, 1.165) is 19.6 Å². The first kappa shape index (κ1) is 19.0. The molecule has 0 bridgehead atoms. The Labute approximate surface area is 150 Å². The van der Waals surface area contributed by atoms with Gasteiger partial charge in [0.1, 0.15) is 23.8 Å². The lowest BCUT2D eigenvalue weighted by Crippen LogP contribution is -2.50. The Bertz CT molecular complexity index is 569. The number of hydrogen-bond donors (Lipinski definition) is 0. The zero-order valence-corrected chi connectivity index (χ0v) is 15.9. The van der Waals surface area contributed by atoms with Gasteiger partial charge in [-0.25, -0.2) is 9.18 Å². The van der Waals surface area contributed by atoms with Gasteiger partial charge in [-0.3, -0.25) is 4.90 Å². The third-order valence-corrected chi connectivity index (χ3v) is 4.20. The fourth-order valence-electron chi connectivity index (χ4n) is 2.36. The summed E-state index contributed by atoms with van der Waals surface area (Å²) in [6.07, 6.45) is -0.256. The van der Waals surface area contributed by atoms with Crippen LogP contribution in [0.1, 0.15) is 20.8 Å². The van der Waals surface area contributed by atoms with Gasteiger partial charge >= 0.3 is 6.09 Å². The maximum Gasteiger partial charge on any atom is 0.410 e. The molecule has 5 nitrogen and oxygen atoms in total. The molecule has 0 radical (unpaired) electrons. The van der Waals surface area contributed by atoms with Crippen molar-refractivity contribution in [3.05, 3.63) is 28.5 Å². The van der Waals surface area contributed by atoms with E-state index in [1.54, 1.807) is 11.0 Å². The molecule has 24 heavy (non-hydrogen) atoms. The summed E-state index contributed by atoms with van der Waals surface area (Å²) in [5.74, 6) is 0.330. The highest BCUT2D eigenvalue weighted by molar-refractivity contribution is 9.10. The summed E-state index contributed by atoms with van der Waals surface area (Å²) in [6, 6.07) is 4.37. The number of nitrogens with zero attached hydrogens (tertiary/aromatic N) is 2. The molecular weight excluding hydrogens is 379 g/mol. The van der Waals surface area contributed by atoms with Crippen LogP contribution >= 0.6 is 15.9 Å². The van der Waals surface area contributed by atoms with Crippen molar-refractivity contribution in [1.82, 2.24) is 9.80 Å². The Kier molecular flexibility index (Phi) is 6.46. The van der Waals surface area contributed by atoms with E-state index in [-0.39, 0.29) is 11.9 Å². The Hall–Kier alpha value is -1.34. The number of rotatable bonds is 4. The predicted octanol–water partition coefficient (Wildman–Crippen LogP) is 3.52. The van der Waals surface area contributed by atoms with Gasteiger partial charge < -0.3 is 14.4 Å². The number of benzene rings is 1. The van der Waals surface area contributed by atoms with E-state index in [2.05, 4.69) is 20.8 Å². The molecule has 0 atom stereocenters. The van der Waals surface area contributed by atoms with Crippen molar-refractivity contribution in [1.29, 1.82) is 0 Å². The molecule has 0 unspecified atom stereocenters. The Morgan fingerprint density at radius 2 is 1.92 bits per heavy atom. The predicted molar refractivity (Wildman–Crippen MR) is 93.8 cm³/mol. The third kappa shape index (κ3) is 5.94. The Morgan fingerprint density at radius 3 is 2.50 bits per heavy atom. The van der Waals surface area contributed by atoms with Crippen LogP contribution in [0, 0.1) is 5.82 Å². The molecule has 1 aromatic carbocycles. The summed E-state index contributed by atoms with van der Waals surface area (Å²) in [4.78, 5) is 16.0. The van der Waals surface area contributed by atoms with E-state index in [4.69, 9.17) is 9.47 Å². The molecule has 134 valence electrons. The van der Waals surface area contributed by atoms with Gasteiger partial charge in [0.2, 0.25) is 0 Å². The summed E-state index contributed by atoms with van der Waals surface area (Å²) in [6.45, 7) is 9.73. The van der Waals surface area contributed by atoms with Crippen molar-refractivity contribution in [2.24, 2.45) is 0 Å². The highest BCUT2D eigenvalue weighted by Crippen LogP contribution is 2.25. The van der Waals surface area contributed by atoms with E-state index in [9.17, 15) is 9.18 Å². The molecular formula is C17H24BrFN2O3. The lowest BCUT2D eigenvalue weighted by atomic mass is 10.2. The molecule has 0 aliphatic carbocycles. The van der Waals surface area contributed by atoms with Crippen molar-refractivity contribution >= 4 is 22.0 Å². The molecule has 1 aliphatic rings. The molecule has 1 aliphatic heterocycles. The van der Waals surface area contributed by atoms with Crippen LogP contribution in [0.25, 0.3) is 0 Å². The summed E-state index contributed by atoms with van der Waals surface area (Å²) in [7, 11) is 0. The van der Waals surface area contributed by atoms with E-state index in [0.29, 0.717) is 29.9 Å². The minimum absolute atomic E-state index is 0.256. The summed E-state index contributed by atoms with van der Waals surface area (Å²) < 4.78 is 24.7. The van der Waals surface area contributed by atoms with Crippen molar-refractivity contribution in [3.63, 3.8) is 0 Å². The number of carbonyl (C=O) groups is 1. The lowest BCUT2D eigenvalue weighted by Gasteiger charge is -2.35. The first-order valence-corrected chi connectivity index (χ1v) is 8.82. The summed E-state index contributed by atoms with van der Waals surface area (Å²) >= 11 is 3.28. The molecule has 1 fully saturated rings. The first-order chi connectivity index (χ1) is 11.2. The second kappa shape index (κ2) is 8.16. The molecule has 7 heteroatoms. The number of piperazine rings is 1. The van der Waals surface area contributed by atoms with Gasteiger partial charge in [-0.05, 0) is 54.9 Å². The van der Waals surface area contributed by atoms with Gasteiger partial charge in [-0.15, -0.1) is 0 Å². The second-order valence-corrected chi connectivity index (χ2v) is 7.59. The second-order valence-electron chi connectivity index (χ2n) is 6.73. The monoisotopic (exact) mass is 402 g/mol. The summed E-state index contributed by atoms with van der Waals surface area (Å²) in [5, 5.41) is 0. The molecule has 1 saturated heterocycles. The number of halogens is 2. The average molecular weight is 403 g/mol. The minimum Gasteiger partial charge on any atom is -0.491 e. The number of carbonyl (C=O) groups excluding carboxylic acids is 1. The molecule has 0 spiro atoms. The van der Waals surface area contributed by atoms with Gasteiger partial charge in [0.25, 0.3) is 0 Å². The maximum absolute atomic E-state index is 13.0. The first-order valence-electron chi connectivity index (χ1n) is 8.03. The quantitative estimate of drug-likeness (QED) is 0.772. The molecule has 2 rings (SSSR count). The van der Waals surface area contributed by atoms with E-state index < -0.39 is 5.60 Å². The lowest BCUT2D eigenvalue weighted by molar-refractivity contribution is 0.0137. The smallest absolute Gasteiger partial charge is 0.410 e. The van der Waals surface area contributed by atoms with Crippen LogP contribution in [0.2, 0.25) is 0 Å². The SMILES string of the molecule is CC(C)(C)OC(=O)N1CCN(CCOc2ccc(F)cc2Br)CC1. The Morgan fingerprint density at radius 1 is 1.25 bits per heavy atom. The maximum atomic E-state index is 13.0. The van der Waals surface area contributed by atoms with Gasteiger partial charge in [-0.2, -0.15) is 0 Å². The number of ether oxygens (including phenoxy) is 2. The topological polar surface area (TPSA) is 42.0 Å². The van der Waals surface area contributed by atoms with Crippen molar-refractivity contribution in [3.8, 4) is 5.75 Å². The molecule has 0 saturated carbocycles. The largest absolute Gasteiger partial charge is 0.491 e. The van der Waals surface area contributed by atoms with E-state index >= 15 is 0 Å². The number of amides is 1. The summed E-state index contributed by atoms with van der Waals surface area (Å²) in [5.41, 5.74) is -0.468. The van der Waals surface area contributed by atoms with Gasteiger partial charge in [-0.1, -0.05) is 0 Å². The molecule has 0 N–H and O–H groups in total. The van der Waals surface area contributed by atoms with Crippen LogP contribution < -0.4 is 4.74 Å². The number of hydrogen-bond acceptors (Lipinski definition) is 4. The Balaban J connectivity index is 1.70. The van der Waals surface area contributed by atoms with Gasteiger partial charge in [0.15, 0.2) is 0 Å². The van der Waals surface area contributed by atoms with Gasteiger partial charge in [0, 0.05) is 32.7 Å². The van der Waals surface area contributed by atoms with Crippen LogP contribution in [0.5, 0.6) is 5.75 Å². The average Bonchev–Trinajstić information content (AvgIpc) is 2.48. The normalized spacial score (nSPS) is 16.1. The van der Waals surface area contributed by atoms with Crippen molar-refractivity contribution in [2.75, 3.05) is 39.3 Å². The zero-order chi connectivity index (χ0) is 17.7. The molecule has 1 aromatic rings. The van der Waals surface area contributed by atoms with E-state index in [1.165, 1.54) is 12.1 Å². The van der Waals surface area contributed by atoms with Crippen LogP contribution in [-0.4, -0.2) is 60.8 Å². The molecule has 0 aromatic heterocycles. The van der Waals surface area contributed by atoms with Crippen LogP contribution in [0.4, 0.5) is 9.18 Å². The van der Waals surface area contributed by atoms with Crippen molar-refractivity contribution in [2.45, 2.75) is 26.4 Å². The molecule has 1 amide bonds. The fourth-order valence-corrected chi connectivity index (χ4v) is 2.82. The van der Waals surface area contributed by atoms with Crippen LogP contribution in [-0.2, 0) is 4.74 Å². The molecule has 1 heterocycles. The standard InChI is InChI=1S/C17H24BrFN2O3/c1-17(2,3)24-16(22)21-8-6-20(7-9-21)10-11-23-15-5-4-13(19)12-14(15)18/h4-5,12H,6-11H2,1-3H3. The fraction of sp³-hybridized carbons (Fsp3) is 0.588. The third-order valence-electron chi connectivity index (χ3n) is 3.58. The zero-order valence-electron chi connectivity index (χ0n) is 14.3.